The molecular formula is C15H10BrClO. The number of benzene rings is 2. The molecule has 3 heteroatoms. The van der Waals surface area contributed by atoms with Crippen molar-refractivity contribution < 1.29 is 4.79 Å². The highest BCUT2D eigenvalue weighted by atomic mass is 79.9. The molecule has 0 saturated heterocycles. The van der Waals surface area contributed by atoms with Crippen molar-refractivity contribution in [2.24, 2.45) is 0 Å². The summed E-state index contributed by atoms with van der Waals surface area (Å²) in [6.07, 6.45) is 3.33. The van der Waals surface area contributed by atoms with Crippen molar-refractivity contribution in [2.75, 3.05) is 0 Å². The Bertz CT molecular complexity index is 588. The van der Waals surface area contributed by atoms with Crippen LogP contribution in [-0.2, 0) is 0 Å². The third-order valence-electron chi connectivity index (χ3n) is 2.44. The van der Waals surface area contributed by atoms with Crippen LogP contribution in [0.2, 0.25) is 5.02 Å². The largest absolute Gasteiger partial charge is 0.289 e. The van der Waals surface area contributed by atoms with Gasteiger partial charge in [0.1, 0.15) is 0 Å². The van der Waals surface area contributed by atoms with Gasteiger partial charge in [0.15, 0.2) is 5.78 Å². The summed E-state index contributed by atoms with van der Waals surface area (Å²) in [6, 6.07) is 14.7. The van der Waals surface area contributed by atoms with Crippen molar-refractivity contribution >= 4 is 39.4 Å². The van der Waals surface area contributed by atoms with Crippen LogP contribution in [0, 0.1) is 0 Å². The first-order valence-electron chi connectivity index (χ1n) is 5.39. The molecule has 0 fully saturated rings. The predicted octanol–water partition coefficient (Wildman–Crippen LogP) is 5.00. The van der Waals surface area contributed by atoms with Crippen LogP contribution >= 0.6 is 27.5 Å². The monoisotopic (exact) mass is 320 g/mol. The zero-order valence-electron chi connectivity index (χ0n) is 9.44. The Morgan fingerprint density at radius 3 is 2.39 bits per heavy atom. The van der Waals surface area contributed by atoms with Crippen LogP contribution in [0.3, 0.4) is 0 Å². The van der Waals surface area contributed by atoms with E-state index >= 15 is 0 Å². The molecule has 2 aromatic rings. The van der Waals surface area contributed by atoms with Crippen molar-refractivity contribution in [3.8, 4) is 0 Å². The molecule has 18 heavy (non-hydrogen) atoms. The Morgan fingerprint density at radius 1 is 1.06 bits per heavy atom. The van der Waals surface area contributed by atoms with Gasteiger partial charge in [-0.2, -0.15) is 0 Å². The van der Waals surface area contributed by atoms with E-state index in [9.17, 15) is 4.79 Å². The van der Waals surface area contributed by atoms with Gasteiger partial charge in [0.25, 0.3) is 0 Å². The van der Waals surface area contributed by atoms with Crippen LogP contribution in [0.15, 0.2) is 59.1 Å². The fourth-order valence-corrected chi connectivity index (χ4v) is 2.10. The molecule has 1 nitrogen and oxygen atoms in total. The van der Waals surface area contributed by atoms with Crippen LogP contribution < -0.4 is 0 Å². The van der Waals surface area contributed by atoms with Gasteiger partial charge in [-0.25, -0.2) is 0 Å². The summed E-state index contributed by atoms with van der Waals surface area (Å²) in [6.45, 7) is 0. The van der Waals surface area contributed by atoms with Crippen LogP contribution in [0.25, 0.3) is 6.08 Å². The molecule has 0 radical (unpaired) electrons. The maximum Gasteiger partial charge on any atom is 0.186 e. The molecule has 0 aliphatic heterocycles. The molecule has 0 spiro atoms. The van der Waals surface area contributed by atoms with Gasteiger partial charge in [-0.1, -0.05) is 57.9 Å². The predicted molar refractivity (Wildman–Crippen MR) is 79.0 cm³/mol. The minimum atomic E-state index is -0.0302. The summed E-state index contributed by atoms with van der Waals surface area (Å²) < 4.78 is 0.802. The number of hydrogen-bond acceptors (Lipinski definition) is 1. The van der Waals surface area contributed by atoms with E-state index in [0.29, 0.717) is 10.6 Å². The van der Waals surface area contributed by atoms with Gasteiger partial charge < -0.3 is 0 Å². The molecule has 0 heterocycles. The van der Waals surface area contributed by atoms with Gasteiger partial charge in [0.05, 0.1) is 0 Å². The summed E-state index contributed by atoms with van der Waals surface area (Å²) in [7, 11) is 0. The van der Waals surface area contributed by atoms with E-state index in [1.165, 1.54) is 0 Å². The first-order chi connectivity index (χ1) is 8.66. The molecule has 0 amide bonds. The fourth-order valence-electron chi connectivity index (χ4n) is 1.50. The van der Waals surface area contributed by atoms with Crippen LogP contribution in [0.1, 0.15) is 15.9 Å². The summed E-state index contributed by atoms with van der Waals surface area (Å²) >= 11 is 9.15. The van der Waals surface area contributed by atoms with Crippen LogP contribution in [0.4, 0.5) is 0 Å². The van der Waals surface area contributed by atoms with Crippen molar-refractivity contribution in [1.29, 1.82) is 0 Å². The number of carbonyl (C=O) groups is 1. The molecule has 0 aromatic heterocycles. The number of allylic oxidation sites excluding steroid dienone is 1. The third kappa shape index (κ3) is 3.31. The molecule has 0 unspecified atom stereocenters. The van der Waals surface area contributed by atoms with Gasteiger partial charge >= 0.3 is 0 Å². The highest BCUT2D eigenvalue weighted by Gasteiger charge is 2.04. The van der Waals surface area contributed by atoms with E-state index in [1.54, 1.807) is 30.4 Å². The Hall–Kier alpha value is -1.38. The first kappa shape index (κ1) is 13.1. The lowest BCUT2D eigenvalue weighted by atomic mass is 10.1. The van der Waals surface area contributed by atoms with Crippen LogP contribution in [0.5, 0.6) is 0 Å². The fraction of sp³-hybridized carbons (Fsp3) is 0. The molecule has 90 valence electrons. The second-order valence-electron chi connectivity index (χ2n) is 3.73. The summed E-state index contributed by atoms with van der Waals surface area (Å²) in [5.74, 6) is -0.0302. The average Bonchev–Trinajstić information content (AvgIpc) is 2.38. The van der Waals surface area contributed by atoms with E-state index in [4.69, 9.17) is 11.6 Å². The summed E-state index contributed by atoms with van der Waals surface area (Å²) in [5.41, 5.74) is 1.60. The minimum absolute atomic E-state index is 0.0302. The highest BCUT2D eigenvalue weighted by Crippen LogP contribution is 2.17. The molecule has 2 rings (SSSR count). The highest BCUT2D eigenvalue weighted by molar-refractivity contribution is 9.10. The minimum Gasteiger partial charge on any atom is -0.289 e. The first-order valence-corrected chi connectivity index (χ1v) is 6.56. The van der Waals surface area contributed by atoms with Gasteiger partial charge in [-0.3, -0.25) is 4.79 Å². The van der Waals surface area contributed by atoms with Crippen molar-refractivity contribution in [3.63, 3.8) is 0 Å². The molecule has 0 atom stereocenters. The number of hydrogen-bond donors (Lipinski definition) is 0. The molecule has 0 N–H and O–H groups in total. The number of rotatable bonds is 3. The van der Waals surface area contributed by atoms with Crippen molar-refractivity contribution in [3.05, 3.63) is 75.2 Å². The Kier molecular flexibility index (Phi) is 4.34. The standard InChI is InChI=1S/C15H10BrClO/c16-14-4-2-1-3-13(14)15(18)10-7-11-5-8-12(17)9-6-11/h1-10H/b10-7+. The van der Waals surface area contributed by atoms with E-state index in [1.807, 2.05) is 30.3 Å². The average molecular weight is 322 g/mol. The second-order valence-corrected chi connectivity index (χ2v) is 5.02. The Labute approximate surface area is 119 Å². The van der Waals surface area contributed by atoms with E-state index in [0.717, 1.165) is 10.0 Å². The van der Waals surface area contributed by atoms with E-state index < -0.39 is 0 Å². The number of halogens is 2. The zero-order valence-corrected chi connectivity index (χ0v) is 11.8. The lowest BCUT2D eigenvalue weighted by Gasteiger charge is -1.99. The normalized spacial score (nSPS) is 10.8. The van der Waals surface area contributed by atoms with Gasteiger partial charge in [0.2, 0.25) is 0 Å². The van der Waals surface area contributed by atoms with Gasteiger partial charge in [-0.15, -0.1) is 0 Å². The molecule has 0 saturated carbocycles. The third-order valence-corrected chi connectivity index (χ3v) is 3.38. The molecule has 0 aliphatic rings. The lowest BCUT2D eigenvalue weighted by molar-refractivity contribution is 0.104. The van der Waals surface area contributed by atoms with Gasteiger partial charge in [0, 0.05) is 15.1 Å². The molecule has 0 bridgehead atoms. The van der Waals surface area contributed by atoms with Crippen LogP contribution in [-0.4, -0.2) is 5.78 Å². The smallest absolute Gasteiger partial charge is 0.186 e. The quantitative estimate of drug-likeness (QED) is 0.574. The van der Waals surface area contributed by atoms with Crippen molar-refractivity contribution in [1.82, 2.24) is 0 Å². The number of ketones is 1. The Morgan fingerprint density at radius 2 is 1.72 bits per heavy atom. The maximum atomic E-state index is 12.0. The van der Waals surface area contributed by atoms with E-state index in [-0.39, 0.29) is 5.78 Å². The lowest BCUT2D eigenvalue weighted by Crippen LogP contribution is -1.94. The number of carbonyl (C=O) groups excluding carboxylic acids is 1. The second kappa shape index (κ2) is 5.98. The topological polar surface area (TPSA) is 17.1 Å². The zero-order chi connectivity index (χ0) is 13.0. The molecular weight excluding hydrogens is 312 g/mol. The van der Waals surface area contributed by atoms with Gasteiger partial charge in [-0.05, 0) is 35.9 Å². The molecule has 2 aromatic carbocycles. The maximum absolute atomic E-state index is 12.0. The van der Waals surface area contributed by atoms with E-state index in [2.05, 4.69) is 15.9 Å². The SMILES string of the molecule is O=C(/C=C/c1ccc(Cl)cc1)c1ccccc1Br. The molecule has 0 aliphatic carbocycles. The summed E-state index contributed by atoms with van der Waals surface area (Å²) in [4.78, 5) is 12.0. The van der Waals surface area contributed by atoms with Crippen molar-refractivity contribution in [2.45, 2.75) is 0 Å². The Balaban J connectivity index is 2.17. The summed E-state index contributed by atoms with van der Waals surface area (Å²) in [5, 5.41) is 0.685.